The number of piperidine rings is 1. The van der Waals surface area contributed by atoms with Crippen LogP contribution < -0.4 is 0 Å². The number of nitrogens with zero attached hydrogens (tertiary/aromatic N) is 4. The van der Waals surface area contributed by atoms with Gasteiger partial charge in [-0.1, -0.05) is 6.92 Å². The highest BCUT2D eigenvalue weighted by Gasteiger charge is 2.30. The first kappa shape index (κ1) is 15.9. The SMILES string of the molecule is CCN1CCC(N(C)S(=O)(=O)c2ccc(C#N)nc2)CC1. The molecule has 0 spiro atoms. The van der Waals surface area contributed by atoms with Gasteiger partial charge in [0.2, 0.25) is 10.0 Å². The number of hydrogen-bond donors (Lipinski definition) is 0. The fourth-order valence-corrected chi connectivity index (χ4v) is 3.92. The van der Waals surface area contributed by atoms with Crippen LogP contribution in [0.2, 0.25) is 0 Å². The smallest absolute Gasteiger partial charge is 0.244 e. The van der Waals surface area contributed by atoms with Crippen LogP contribution >= 0.6 is 0 Å². The van der Waals surface area contributed by atoms with E-state index in [1.165, 1.54) is 22.6 Å². The first-order valence-corrected chi connectivity index (χ1v) is 8.49. The summed E-state index contributed by atoms with van der Waals surface area (Å²) in [4.78, 5) is 6.30. The molecule has 0 atom stereocenters. The fraction of sp³-hybridized carbons (Fsp3) is 0.571. The van der Waals surface area contributed by atoms with E-state index in [1.807, 2.05) is 6.07 Å². The van der Waals surface area contributed by atoms with Crippen molar-refractivity contribution in [1.82, 2.24) is 14.2 Å². The maximum atomic E-state index is 12.6. The molecule has 1 aromatic heterocycles. The molecule has 1 fully saturated rings. The van der Waals surface area contributed by atoms with Gasteiger partial charge in [-0.2, -0.15) is 9.57 Å². The highest BCUT2D eigenvalue weighted by atomic mass is 32.2. The molecular formula is C14H20N4O2S. The van der Waals surface area contributed by atoms with Crippen molar-refractivity contribution in [2.75, 3.05) is 26.7 Å². The third-order valence-corrected chi connectivity index (χ3v) is 5.94. The molecule has 1 aliphatic heterocycles. The summed E-state index contributed by atoms with van der Waals surface area (Å²) in [5, 5.41) is 8.72. The maximum Gasteiger partial charge on any atom is 0.244 e. The molecule has 0 saturated carbocycles. The van der Waals surface area contributed by atoms with Crippen molar-refractivity contribution >= 4 is 10.0 Å². The van der Waals surface area contributed by atoms with Gasteiger partial charge in [-0.3, -0.25) is 0 Å². The molecule has 0 unspecified atom stereocenters. The third-order valence-electron chi connectivity index (χ3n) is 4.05. The van der Waals surface area contributed by atoms with E-state index in [-0.39, 0.29) is 16.6 Å². The maximum absolute atomic E-state index is 12.6. The van der Waals surface area contributed by atoms with E-state index in [2.05, 4.69) is 16.8 Å². The first-order valence-electron chi connectivity index (χ1n) is 7.05. The zero-order valence-electron chi connectivity index (χ0n) is 12.4. The predicted octanol–water partition coefficient (Wildman–Crippen LogP) is 1.06. The lowest BCUT2D eigenvalue weighted by atomic mass is 10.1. The normalized spacial score (nSPS) is 17.8. The van der Waals surface area contributed by atoms with E-state index >= 15 is 0 Å². The molecule has 2 heterocycles. The van der Waals surface area contributed by atoms with Crippen molar-refractivity contribution in [1.29, 1.82) is 5.26 Å². The molecule has 21 heavy (non-hydrogen) atoms. The van der Waals surface area contributed by atoms with Crippen LogP contribution in [0, 0.1) is 11.3 Å². The summed E-state index contributed by atoms with van der Waals surface area (Å²) < 4.78 is 26.6. The number of likely N-dealkylation sites (tertiary alicyclic amines) is 1. The number of nitriles is 1. The monoisotopic (exact) mass is 308 g/mol. The van der Waals surface area contributed by atoms with E-state index in [4.69, 9.17) is 5.26 Å². The summed E-state index contributed by atoms with van der Waals surface area (Å²) in [5.74, 6) is 0. The molecule has 0 radical (unpaired) electrons. The topological polar surface area (TPSA) is 77.3 Å². The van der Waals surface area contributed by atoms with Crippen LogP contribution in [0.3, 0.4) is 0 Å². The van der Waals surface area contributed by atoms with E-state index < -0.39 is 10.0 Å². The molecule has 2 rings (SSSR count). The highest BCUT2D eigenvalue weighted by molar-refractivity contribution is 7.89. The number of hydrogen-bond acceptors (Lipinski definition) is 5. The van der Waals surface area contributed by atoms with Crippen molar-refractivity contribution in [3.63, 3.8) is 0 Å². The number of aromatic nitrogens is 1. The van der Waals surface area contributed by atoms with Gasteiger partial charge in [0.15, 0.2) is 0 Å². The number of pyridine rings is 1. The Labute approximate surface area is 126 Å². The average molecular weight is 308 g/mol. The lowest BCUT2D eigenvalue weighted by molar-refractivity contribution is 0.176. The van der Waals surface area contributed by atoms with Gasteiger partial charge in [0.1, 0.15) is 16.7 Å². The Morgan fingerprint density at radius 2 is 2.10 bits per heavy atom. The average Bonchev–Trinajstić information content (AvgIpc) is 2.54. The first-order chi connectivity index (χ1) is 9.98. The van der Waals surface area contributed by atoms with Gasteiger partial charge in [0.25, 0.3) is 0 Å². The lowest BCUT2D eigenvalue weighted by Crippen LogP contribution is -2.45. The van der Waals surface area contributed by atoms with E-state index in [1.54, 1.807) is 7.05 Å². The van der Waals surface area contributed by atoms with Crippen LogP contribution in [-0.4, -0.2) is 55.3 Å². The van der Waals surface area contributed by atoms with Crippen molar-refractivity contribution in [3.05, 3.63) is 24.0 Å². The van der Waals surface area contributed by atoms with E-state index in [0.29, 0.717) is 0 Å². The molecular weight excluding hydrogens is 288 g/mol. The lowest BCUT2D eigenvalue weighted by Gasteiger charge is -2.35. The molecule has 1 aromatic rings. The second-order valence-corrected chi connectivity index (χ2v) is 7.18. The summed E-state index contributed by atoms with van der Waals surface area (Å²) in [5.41, 5.74) is 0.216. The molecule has 0 N–H and O–H groups in total. The Morgan fingerprint density at radius 3 is 2.57 bits per heavy atom. The molecule has 1 saturated heterocycles. The van der Waals surface area contributed by atoms with Crippen LogP contribution in [0.1, 0.15) is 25.5 Å². The molecule has 7 heteroatoms. The van der Waals surface area contributed by atoms with E-state index in [0.717, 1.165) is 32.5 Å². The highest BCUT2D eigenvalue weighted by Crippen LogP contribution is 2.22. The van der Waals surface area contributed by atoms with Crippen molar-refractivity contribution < 1.29 is 8.42 Å². The Hall–Kier alpha value is -1.49. The second-order valence-electron chi connectivity index (χ2n) is 5.18. The molecule has 0 aromatic carbocycles. The van der Waals surface area contributed by atoms with Crippen LogP contribution in [-0.2, 0) is 10.0 Å². The van der Waals surface area contributed by atoms with Gasteiger partial charge >= 0.3 is 0 Å². The fourth-order valence-electron chi connectivity index (χ4n) is 2.56. The van der Waals surface area contributed by atoms with Gasteiger partial charge < -0.3 is 4.90 Å². The predicted molar refractivity (Wildman–Crippen MR) is 79.0 cm³/mol. The van der Waals surface area contributed by atoms with Crippen LogP contribution in [0.15, 0.2) is 23.2 Å². The Balaban J connectivity index is 2.13. The zero-order chi connectivity index (χ0) is 15.5. The molecule has 6 nitrogen and oxygen atoms in total. The number of sulfonamides is 1. The summed E-state index contributed by atoms with van der Waals surface area (Å²) in [6, 6.07) is 4.78. The van der Waals surface area contributed by atoms with Crippen molar-refractivity contribution in [2.24, 2.45) is 0 Å². The van der Waals surface area contributed by atoms with Crippen molar-refractivity contribution in [3.8, 4) is 6.07 Å². The van der Waals surface area contributed by atoms with Gasteiger partial charge in [-0.25, -0.2) is 13.4 Å². The van der Waals surface area contributed by atoms with Gasteiger partial charge in [-0.15, -0.1) is 0 Å². The van der Waals surface area contributed by atoms with Gasteiger partial charge in [0.05, 0.1) is 0 Å². The molecule has 0 amide bonds. The molecule has 114 valence electrons. The van der Waals surface area contributed by atoms with E-state index in [9.17, 15) is 8.42 Å². The summed E-state index contributed by atoms with van der Waals surface area (Å²) >= 11 is 0. The van der Waals surface area contributed by atoms with Gasteiger partial charge in [-0.05, 0) is 44.6 Å². The van der Waals surface area contributed by atoms with Crippen LogP contribution in [0.5, 0.6) is 0 Å². The minimum atomic E-state index is -3.54. The molecule has 0 aliphatic carbocycles. The quantitative estimate of drug-likeness (QED) is 0.831. The summed E-state index contributed by atoms with van der Waals surface area (Å²) in [7, 11) is -1.92. The Morgan fingerprint density at radius 1 is 1.43 bits per heavy atom. The summed E-state index contributed by atoms with van der Waals surface area (Å²) in [6.07, 6.45) is 2.94. The Kier molecular flexibility index (Phi) is 4.93. The minimum Gasteiger partial charge on any atom is -0.303 e. The third kappa shape index (κ3) is 3.40. The van der Waals surface area contributed by atoms with Crippen LogP contribution in [0.25, 0.3) is 0 Å². The van der Waals surface area contributed by atoms with Crippen molar-refractivity contribution in [2.45, 2.75) is 30.7 Å². The minimum absolute atomic E-state index is 0.0217. The molecule has 1 aliphatic rings. The molecule has 0 bridgehead atoms. The summed E-state index contributed by atoms with van der Waals surface area (Å²) in [6.45, 7) is 4.96. The standard InChI is InChI=1S/C14H20N4O2S/c1-3-18-8-6-13(7-9-18)17(2)21(19,20)14-5-4-12(10-15)16-11-14/h4-5,11,13H,3,6-9H2,1-2H3. The Bertz CT molecular complexity index is 613. The largest absolute Gasteiger partial charge is 0.303 e. The number of rotatable bonds is 4. The van der Waals surface area contributed by atoms with Gasteiger partial charge in [0, 0.05) is 19.3 Å². The van der Waals surface area contributed by atoms with Crippen LogP contribution in [0.4, 0.5) is 0 Å². The zero-order valence-corrected chi connectivity index (χ0v) is 13.2. The second kappa shape index (κ2) is 6.52.